The van der Waals surface area contributed by atoms with E-state index in [1.165, 1.54) is 6.26 Å². The molecule has 0 fully saturated rings. The van der Waals surface area contributed by atoms with Crippen molar-refractivity contribution >= 4 is 29.1 Å². The van der Waals surface area contributed by atoms with Crippen molar-refractivity contribution in [2.24, 2.45) is 0 Å². The molecule has 6 nitrogen and oxygen atoms in total. The summed E-state index contributed by atoms with van der Waals surface area (Å²) in [5.74, 6) is -0.265. The minimum atomic E-state index is -0.404. The molecule has 0 unspecified atom stereocenters. The van der Waals surface area contributed by atoms with Crippen LogP contribution in [0.3, 0.4) is 0 Å². The fourth-order valence-electron chi connectivity index (χ4n) is 1.71. The third-order valence-corrected chi connectivity index (χ3v) is 3.14. The van der Waals surface area contributed by atoms with Gasteiger partial charge in [0.05, 0.1) is 11.8 Å². The molecule has 1 aromatic carbocycles. The Bertz CT molecular complexity index is 707. The SMILES string of the molecule is Cc1ccc(C(=O)NC(=S)NNC(=O)c2ccoc2C)cc1. The number of hydrogen-bond donors (Lipinski definition) is 3. The minimum absolute atomic E-state index is 0.0000676. The van der Waals surface area contributed by atoms with Crippen LogP contribution in [0.4, 0.5) is 0 Å². The van der Waals surface area contributed by atoms with Crippen LogP contribution in [0.1, 0.15) is 32.0 Å². The molecule has 7 heteroatoms. The molecule has 0 aliphatic rings. The summed E-state index contributed by atoms with van der Waals surface area (Å²) in [6.07, 6.45) is 1.42. The van der Waals surface area contributed by atoms with Gasteiger partial charge in [-0.2, -0.15) is 0 Å². The number of hydrogen-bond acceptors (Lipinski definition) is 4. The van der Waals surface area contributed by atoms with Gasteiger partial charge in [-0.1, -0.05) is 17.7 Å². The normalized spacial score (nSPS) is 9.91. The lowest BCUT2D eigenvalue weighted by Crippen LogP contribution is -2.48. The molecule has 3 N–H and O–H groups in total. The zero-order valence-electron chi connectivity index (χ0n) is 12.1. The molecule has 0 aliphatic carbocycles. The van der Waals surface area contributed by atoms with E-state index < -0.39 is 5.91 Å². The summed E-state index contributed by atoms with van der Waals surface area (Å²) in [5, 5.41) is 2.47. The zero-order chi connectivity index (χ0) is 16.1. The first-order valence-electron chi connectivity index (χ1n) is 6.50. The van der Waals surface area contributed by atoms with Gasteiger partial charge in [0.15, 0.2) is 5.11 Å². The molecule has 0 aliphatic heterocycles. The molecule has 114 valence electrons. The highest BCUT2D eigenvalue weighted by molar-refractivity contribution is 7.80. The second-order valence-corrected chi connectivity index (χ2v) is 5.03. The van der Waals surface area contributed by atoms with Crippen molar-refractivity contribution < 1.29 is 14.0 Å². The van der Waals surface area contributed by atoms with Crippen LogP contribution in [0.2, 0.25) is 0 Å². The van der Waals surface area contributed by atoms with Crippen molar-refractivity contribution in [1.29, 1.82) is 0 Å². The monoisotopic (exact) mass is 317 g/mol. The van der Waals surface area contributed by atoms with Crippen molar-refractivity contribution in [1.82, 2.24) is 16.2 Å². The third kappa shape index (κ3) is 3.92. The van der Waals surface area contributed by atoms with E-state index in [2.05, 4.69) is 16.2 Å². The quantitative estimate of drug-likeness (QED) is 0.581. The van der Waals surface area contributed by atoms with E-state index in [9.17, 15) is 9.59 Å². The number of rotatable bonds is 2. The van der Waals surface area contributed by atoms with Crippen molar-refractivity contribution in [3.05, 3.63) is 59.0 Å². The molecule has 2 amide bonds. The van der Waals surface area contributed by atoms with Crippen LogP contribution in [0.5, 0.6) is 0 Å². The molecule has 0 atom stereocenters. The summed E-state index contributed by atoms with van der Waals surface area (Å²) in [7, 11) is 0. The molecule has 2 aromatic rings. The molecule has 0 saturated heterocycles. The summed E-state index contributed by atoms with van der Waals surface area (Å²) < 4.78 is 5.03. The predicted octanol–water partition coefficient (Wildman–Crippen LogP) is 1.85. The van der Waals surface area contributed by atoms with E-state index in [1.54, 1.807) is 25.1 Å². The standard InChI is InChI=1S/C15H15N3O3S/c1-9-3-5-11(6-4-9)13(19)16-15(22)18-17-14(20)12-7-8-21-10(12)2/h3-8H,1-2H3,(H,17,20)(H2,16,18,19,22). The second kappa shape index (κ2) is 6.86. The number of furan rings is 1. The summed E-state index contributed by atoms with van der Waals surface area (Å²) in [6.45, 7) is 3.60. The number of carbonyl (C=O) groups is 2. The average Bonchev–Trinajstić information content (AvgIpc) is 2.91. The van der Waals surface area contributed by atoms with Gasteiger partial charge >= 0.3 is 0 Å². The highest BCUT2D eigenvalue weighted by Gasteiger charge is 2.12. The highest BCUT2D eigenvalue weighted by atomic mass is 32.1. The first-order valence-corrected chi connectivity index (χ1v) is 6.90. The van der Waals surface area contributed by atoms with E-state index in [-0.39, 0.29) is 11.0 Å². The lowest BCUT2D eigenvalue weighted by molar-refractivity contribution is 0.0933. The molecule has 0 bridgehead atoms. The van der Waals surface area contributed by atoms with Gasteiger partial charge in [-0.05, 0) is 44.3 Å². The van der Waals surface area contributed by atoms with Crippen molar-refractivity contribution in [3.8, 4) is 0 Å². The van der Waals surface area contributed by atoms with Crippen molar-refractivity contribution in [2.45, 2.75) is 13.8 Å². The van der Waals surface area contributed by atoms with E-state index in [1.807, 2.05) is 19.1 Å². The Kier molecular flexibility index (Phi) is 4.90. The fraction of sp³-hybridized carbons (Fsp3) is 0.133. The van der Waals surface area contributed by atoms with Crippen LogP contribution >= 0.6 is 12.2 Å². The van der Waals surface area contributed by atoms with Gasteiger partial charge in [-0.15, -0.1) is 0 Å². The predicted molar refractivity (Wildman–Crippen MR) is 85.3 cm³/mol. The number of benzene rings is 1. The molecule has 22 heavy (non-hydrogen) atoms. The number of hydrazine groups is 1. The van der Waals surface area contributed by atoms with Gasteiger partial charge in [0, 0.05) is 5.56 Å². The van der Waals surface area contributed by atoms with Crippen LogP contribution in [0.25, 0.3) is 0 Å². The smallest absolute Gasteiger partial charge is 0.273 e. The van der Waals surface area contributed by atoms with Crippen LogP contribution < -0.4 is 16.2 Å². The summed E-state index contributed by atoms with van der Waals surface area (Å²) in [6, 6.07) is 8.59. The third-order valence-electron chi connectivity index (χ3n) is 2.93. The van der Waals surface area contributed by atoms with Gasteiger partial charge in [0.1, 0.15) is 5.76 Å². The van der Waals surface area contributed by atoms with Crippen molar-refractivity contribution in [3.63, 3.8) is 0 Å². The number of thiocarbonyl (C=S) groups is 1. The lowest BCUT2D eigenvalue weighted by atomic mass is 10.1. The van der Waals surface area contributed by atoms with Crippen LogP contribution in [0.15, 0.2) is 41.0 Å². The number of amides is 2. The lowest BCUT2D eigenvalue weighted by Gasteiger charge is -2.10. The first kappa shape index (κ1) is 15.7. The Morgan fingerprint density at radius 1 is 1.00 bits per heavy atom. The molecular formula is C15H15N3O3S. The Morgan fingerprint density at radius 2 is 1.68 bits per heavy atom. The molecule has 0 spiro atoms. The summed E-state index contributed by atoms with van der Waals surface area (Å²) >= 11 is 4.96. The number of nitrogens with one attached hydrogen (secondary N) is 3. The zero-order valence-corrected chi connectivity index (χ0v) is 12.9. The van der Waals surface area contributed by atoms with Gasteiger partial charge in [-0.3, -0.25) is 25.8 Å². The largest absolute Gasteiger partial charge is 0.469 e. The topological polar surface area (TPSA) is 83.4 Å². The maximum atomic E-state index is 11.9. The van der Waals surface area contributed by atoms with E-state index in [0.717, 1.165) is 5.56 Å². The molecule has 1 heterocycles. The molecule has 1 aromatic heterocycles. The van der Waals surface area contributed by atoms with E-state index in [0.29, 0.717) is 16.9 Å². The molecular weight excluding hydrogens is 302 g/mol. The Hall–Kier alpha value is -2.67. The van der Waals surface area contributed by atoms with Crippen LogP contribution in [-0.4, -0.2) is 16.9 Å². The van der Waals surface area contributed by atoms with Crippen LogP contribution in [0, 0.1) is 13.8 Å². The Balaban J connectivity index is 1.85. The van der Waals surface area contributed by atoms with Gasteiger partial charge < -0.3 is 4.42 Å². The maximum Gasteiger partial charge on any atom is 0.273 e. The molecule has 0 saturated carbocycles. The number of carbonyl (C=O) groups excluding carboxylic acids is 2. The van der Waals surface area contributed by atoms with E-state index in [4.69, 9.17) is 16.6 Å². The molecule has 2 rings (SSSR count). The molecule has 0 radical (unpaired) electrons. The minimum Gasteiger partial charge on any atom is -0.469 e. The number of aryl methyl sites for hydroxylation is 2. The van der Waals surface area contributed by atoms with E-state index >= 15 is 0 Å². The Morgan fingerprint density at radius 3 is 2.27 bits per heavy atom. The van der Waals surface area contributed by atoms with Gasteiger partial charge in [-0.25, -0.2) is 0 Å². The Labute approximate surface area is 132 Å². The van der Waals surface area contributed by atoms with Gasteiger partial charge in [0.2, 0.25) is 0 Å². The maximum absolute atomic E-state index is 11.9. The fourth-order valence-corrected chi connectivity index (χ4v) is 1.86. The summed E-state index contributed by atoms with van der Waals surface area (Å²) in [5.41, 5.74) is 6.78. The van der Waals surface area contributed by atoms with Crippen molar-refractivity contribution in [2.75, 3.05) is 0 Å². The highest BCUT2D eigenvalue weighted by Crippen LogP contribution is 2.07. The van der Waals surface area contributed by atoms with Crippen LogP contribution in [-0.2, 0) is 0 Å². The second-order valence-electron chi connectivity index (χ2n) is 4.62. The van der Waals surface area contributed by atoms with Gasteiger partial charge in [0.25, 0.3) is 11.8 Å². The summed E-state index contributed by atoms with van der Waals surface area (Å²) in [4.78, 5) is 23.7. The first-order chi connectivity index (χ1) is 10.5. The average molecular weight is 317 g/mol.